The number of H-pyrrole nitrogens is 1. The number of hydrogen-bond donors (Lipinski definition) is 1. The minimum atomic E-state index is -0.114. The van der Waals surface area contributed by atoms with Crippen LogP contribution < -0.4 is 0 Å². The summed E-state index contributed by atoms with van der Waals surface area (Å²) in [5, 5.41) is 17.4. The number of aromatic amines is 1. The van der Waals surface area contributed by atoms with E-state index in [2.05, 4.69) is 27.1 Å². The number of aromatic nitrogens is 5. The average molecular weight is 323 g/mol. The Morgan fingerprint density at radius 3 is 3.21 bits per heavy atom. The first-order chi connectivity index (χ1) is 11.7. The highest BCUT2D eigenvalue weighted by Crippen LogP contribution is 2.32. The Bertz CT molecular complexity index is 950. The van der Waals surface area contributed by atoms with E-state index in [0.717, 1.165) is 23.4 Å². The number of fused-ring (bicyclic) bond motifs is 3. The molecule has 3 aromatic heterocycles. The van der Waals surface area contributed by atoms with Gasteiger partial charge in [0.25, 0.3) is 0 Å². The predicted molar refractivity (Wildman–Crippen MR) is 86.0 cm³/mol. The second-order valence-electron chi connectivity index (χ2n) is 6.27. The molecule has 1 aliphatic heterocycles. The lowest BCUT2D eigenvalue weighted by Gasteiger charge is -2.36. The van der Waals surface area contributed by atoms with E-state index in [9.17, 15) is 4.79 Å². The van der Waals surface area contributed by atoms with Crippen molar-refractivity contribution in [3.8, 4) is 6.07 Å². The molecule has 1 aliphatic rings. The summed E-state index contributed by atoms with van der Waals surface area (Å²) in [4.78, 5) is 21.3. The van der Waals surface area contributed by atoms with Crippen molar-refractivity contribution in [2.75, 3.05) is 13.1 Å². The van der Waals surface area contributed by atoms with Crippen LogP contribution in [0.15, 0.2) is 18.5 Å². The smallest absolute Gasteiger partial charge is 0.236 e. The van der Waals surface area contributed by atoms with Crippen molar-refractivity contribution >= 4 is 22.7 Å². The number of nitriles is 1. The van der Waals surface area contributed by atoms with E-state index in [4.69, 9.17) is 5.26 Å². The largest absolute Gasteiger partial charge is 0.345 e. The second kappa shape index (κ2) is 5.60. The quantitative estimate of drug-likeness (QED) is 0.769. The van der Waals surface area contributed by atoms with Gasteiger partial charge >= 0.3 is 0 Å². The van der Waals surface area contributed by atoms with E-state index in [1.165, 1.54) is 0 Å². The molecule has 0 aliphatic carbocycles. The lowest BCUT2D eigenvalue weighted by atomic mass is 9.86. The molecular weight excluding hydrogens is 306 g/mol. The first-order valence-corrected chi connectivity index (χ1v) is 8.01. The summed E-state index contributed by atoms with van der Waals surface area (Å²) < 4.78 is 2.01. The van der Waals surface area contributed by atoms with Crippen LogP contribution >= 0.6 is 0 Å². The van der Waals surface area contributed by atoms with Gasteiger partial charge in [0, 0.05) is 25.2 Å². The van der Waals surface area contributed by atoms with E-state index in [1.54, 1.807) is 11.1 Å². The molecule has 122 valence electrons. The van der Waals surface area contributed by atoms with Crippen molar-refractivity contribution in [3.05, 3.63) is 24.3 Å². The first-order valence-electron chi connectivity index (χ1n) is 8.01. The van der Waals surface area contributed by atoms with Crippen LogP contribution in [0.25, 0.3) is 16.8 Å². The highest BCUT2D eigenvalue weighted by atomic mass is 16.2. The maximum atomic E-state index is 12.1. The minimum absolute atomic E-state index is 0.0757. The van der Waals surface area contributed by atoms with Gasteiger partial charge in [-0.3, -0.25) is 9.20 Å². The van der Waals surface area contributed by atoms with Crippen LogP contribution in [0.3, 0.4) is 0 Å². The van der Waals surface area contributed by atoms with Crippen molar-refractivity contribution in [2.24, 2.45) is 5.92 Å². The number of nitrogens with zero attached hydrogens (tertiary/aromatic N) is 6. The monoisotopic (exact) mass is 323 g/mol. The summed E-state index contributed by atoms with van der Waals surface area (Å²) in [6.45, 7) is 3.43. The molecule has 2 unspecified atom stereocenters. The van der Waals surface area contributed by atoms with Crippen LogP contribution in [0.1, 0.15) is 31.5 Å². The fraction of sp³-hybridized carbons (Fsp3) is 0.438. The lowest BCUT2D eigenvalue weighted by molar-refractivity contribution is -0.131. The molecule has 8 nitrogen and oxygen atoms in total. The van der Waals surface area contributed by atoms with Crippen LogP contribution in [0, 0.1) is 17.2 Å². The molecule has 1 N–H and O–H groups in total. The Balaban J connectivity index is 1.76. The second-order valence-corrected chi connectivity index (χ2v) is 6.27. The van der Waals surface area contributed by atoms with Crippen LogP contribution in [-0.2, 0) is 4.79 Å². The van der Waals surface area contributed by atoms with Crippen LogP contribution in [0.4, 0.5) is 0 Å². The summed E-state index contributed by atoms with van der Waals surface area (Å²) in [6, 6.07) is 3.89. The zero-order chi connectivity index (χ0) is 16.7. The summed E-state index contributed by atoms with van der Waals surface area (Å²) in [7, 11) is 0. The van der Waals surface area contributed by atoms with E-state index < -0.39 is 0 Å². The zero-order valence-electron chi connectivity index (χ0n) is 13.3. The highest BCUT2D eigenvalue weighted by Gasteiger charge is 2.33. The molecule has 0 radical (unpaired) electrons. The Hall–Kier alpha value is -2.95. The molecule has 8 heteroatoms. The molecule has 0 bridgehead atoms. The topological polar surface area (TPSA) is 103 Å². The lowest BCUT2D eigenvalue weighted by Crippen LogP contribution is -2.42. The number of carbonyl (C=O) groups is 1. The van der Waals surface area contributed by atoms with Crippen LogP contribution in [0.5, 0.6) is 0 Å². The molecule has 0 aromatic carbocycles. The van der Waals surface area contributed by atoms with Gasteiger partial charge in [0.05, 0.1) is 17.8 Å². The van der Waals surface area contributed by atoms with E-state index in [1.807, 2.05) is 22.7 Å². The van der Waals surface area contributed by atoms with Gasteiger partial charge in [0.1, 0.15) is 12.2 Å². The number of amides is 1. The normalized spacial score (nSPS) is 21.2. The van der Waals surface area contributed by atoms with Gasteiger partial charge in [-0.15, -0.1) is 10.2 Å². The maximum Gasteiger partial charge on any atom is 0.236 e. The van der Waals surface area contributed by atoms with Gasteiger partial charge in [-0.05, 0) is 18.4 Å². The van der Waals surface area contributed by atoms with Crippen molar-refractivity contribution < 1.29 is 4.79 Å². The highest BCUT2D eigenvalue weighted by molar-refractivity contribution is 5.78. The molecule has 1 fully saturated rings. The Kier molecular flexibility index (Phi) is 3.41. The summed E-state index contributed by atoms with van der Waals surface area (Å²) >= 11 is 0. The third-order valence-electron chi connectivity index (χ3n) is 4.84. The average Bonchev–Trinajstić information content (AvgIpc) is 3.21. The van der Waals surface area contributed by atoms with Crippen molar-refractivity contribution in [1.82, 2.24) is 29.5 Å². The van der Waals surface area contributed by atoms with Crippen molar-refractivity contribution in [1.29, 1.82) is 5.26 Å². The fourth-order valence-electron chi connectivity index (χ4n) is 3.45. The number of rotatable bonds is 2. The molecule has 0 saturated carbocycles. The summed E-state index contributed by atoms with van der Waals surface area (Å²) in [5.41, 5.74) is 2.41. The van der Waals surface area contributed by atoms with Gasteiger partial charge in [0.15, 0.2) is 11.3 Å². The van der Waals surface area contributed by atoms with E-state index in [0.29, 0.717) is 24.7 Å². The molecule has 3 aromatic rings. The molecule has 1 amide bonds. The van der Waals surface area contributed by atoms with Crippen LogP contribution in [-0.4, -0.2) is 48.5 Å². The standard InChI is InChI=1S/C16H17N7O/c1-10-4-7-22(14(24)2-5-17)9-11(10)16-21-20-13-8-19-15-12(23(13)16)3-6-18-15/h3,6,8,10-11,18H,2,4,7,9H2,1H3. The third kappa shape index (κ3) is 2.21. The summed E-state index contributed by atoms with van der Waals surface area (Å²) in [6.07, 6.45) is 4.35. The number of hydrogen-bond acceptors (Lipinski definition) is 5. The number of nitrogens with one attached hydrogen (secondary N) is 1. The molecule has 4 rings (SSSR count). The van der Waals surface area contributed by atoms with Gasteiger partial charge in [-0.1, -0.05) is 6.92 Å². The SMILES string of the molecule is CC1CCN(C(=O)CC#N)CC1c1nnc2cnc3[nH]ccc3n12. The molecule has 0 spiro atoms. The van der Waals surface area contributed by atoms with Gasteiger partial charge in [-0.2, -0.15) is 5.26 Å². The third-order valence-corrected chi connectivity index (χ3v) is 4.84. The summed E-state index contributed by atoms with van der Waals surface area (Å²) in [5.74, 6) is 1.19. The van der Waals surface area contributed by atoms with E-state index in [-0.39, 0.29) is 18.2 Å². The predicted octanol–water partition coefficient (Wildman–Crippen LogP) is 1.47. The number of carbonyl (C=O) groups excluding carboxylic acids is 1. The van der Waals surface area contributed by atoms with Crippen molar-refractivity contribution in [3.63, 3.8) is 0 Å². The Morgan fingerprint density at radius 2 is 2.38 bits per heavy atom. The number of likely N-dealkylation sites (tertiary alicyclic amines) is 1. The molecule has 2 atom stereocenters. The Morgan fingerprint density at radius 1 is 1.50 bits per heavy atom. The molecule has 24 heavy (non-hydrogen) atoms. The van der Waals surface area contributed by atoms with Gasteiger partial charge in [-0.25, -0.2) is 4.98 Å². The Labute approximate surface area is 138 Å². The molecule has 1 saturated heterocycles. The van der Waals surface area contributed by atoms with Crippen molar-refractivity contribution in [2.45, 2.75) is 25.7 Å². The van der Waals surface area contributed by atoms with Crippen LogP contribution in [0.2, 0.25) is 0 Å². The van der Waals surface area contributed by atoms with Gasteiger partial charge in [0.2, 0.25) is 5.91 Å². The maximum absolute atomic E-state index is 12.1. The molecule has 4 heterocycles. The molecular formula is C16H17N7O. The first kappa shape index (κ1) is 14.6. The zero-order valence-corrected chi connectivity index (χ0v) is 13.3. The fourth-order valence-corrected chi connectivity index (χ4v) is 3.45. The minimum Gasteiger partial charge on any atom is -0.345 e. The van der Waals surface area contributed by atoms with E-state index >= 15 is 0 Å². The number of piperidine rings is 1. The van der Waals surface area contributed by atoms with Gasteiger partial charge < -0.3 is 9.88 Å².